The maximum atomic E-state index is 13.7. The van der Waals surface area contributed by atoms with Crippen LogP contribution in [0.2, 0.25) is 0 Å². The highest BCUT2D eigenvalue weighted by molar-refractivity contribution is 9.10. The standard InChI is InChI=1S/C13H10BrF2NO2/c1-18-13-6-12(10(16)5-11(13)17)19-9-3-7(14)2-8(15)4-9/h2-6H,17H2,1H3. The molecule has 0 amide bonds. The molecule has 0 bridgehead atoms. The number of methoxy groups -OCH3 is 1. The highest BCUT2D eigenvalue weighted by Gasteiger charge is 2.11. The maximum Gasteiger partial charge on any atom is 0.168 e. The minimum atomic E-state index is -0.654. The van der Waals surface area contributed by atoms with E-state index in [9.17, 15) is 8.78 Å². The molecule has 0 saturated heterocycles. The Morgan fingerprint density at radius 3 is 2.42 bits per heavy atom. The molecule has 6 heteroatoms. The third-order valence-electron chi connectivity index (χ3n) is 2.35. The number of rotatable bonds is 3. The molecule has 100 valence electrons. The molecule has 2 rings (SSSR count). The lowest BCUT2D eigenvalue weighted by molar-refractivity contribution is 0.402. The summed E-state index contributed by atoms with van der Waals surface area (Å²) >= 11 is 3.13. The molecule has 0 heterocycles. The monoisotopic (exact) mass is 329 g/mol. The van der Waals surface area contributed by atoms with Gasteiger partial charge in [0.1, 0.15) is 17.3 Å². The molecule has 0 aliphatic rings. The van der Waals surface area contributed by atoms with Gasteiger partial charge in [0.05, 0.1) is 12.8 Å². The van der Waals surface area contributed by atoms with Gasteiger partial charge in [-0.05, 0) is 12.1 Å². The van der Waals surface area contributed by atoms with E-state index in [1.54, 1.807) is 0 Å². The molecule has 0 saturated carbocycles. The Bertz CT molecular complexity index is 600. The lowest BCUT2D eigenvalue weighted by Crippen LogP contribution is -1.96. The van der Waals surface area contributed by atoms with Gasteiger partial charge in [-0.25, -0.2) is 8.78 Å². The Balaban J connectivity index is 2.37. The Labute approximate surface area is 117 Å². The summed E-state index contributed by atoms with van der Waals surface area (Å²) in [7, 11) is 1.41. The van der Waals surface area contributed by atoms with Crippen molar-refractivity contribution in [2.45, 2.75) is 0 Å². The molecule has 2 N–H and O–H groups in total. The van der Waals surface area contributed by atoms with Crippen molar-refractivity contribution < 1.29 is 18.3 Å². The number of nitrogen functional groups attached to an aromatic ring is 1. The van der Waals surface area contributed by atoms with Crippen LogP contribution in [0.3, 0.4) is 0 Å². The molecular formula is C13H10BrF2NO2. The van der Waals surface area contributed by atoms with Crippen LogP contribution in [0, 0.1) is 11.6 Å². The molecular weight excluding hydrogens is 320 g/mol. The van der Waals surface area contributed by atoms with Crippen molar-refractivity contribution >= 4 is 21.6 Å². The van der Waals surface area contributed by atoms with Crippen molar-refractivity contribution in [1.29, 1.82) is 0 Å². The molecule has 0 fully saturated rings. The molecule has 3 nitrogen and oxygen atoms in total. The van der Waals surface area contributed by atoms with Crippen LogP contribution < -0.4 is 15.2 Å². The van der Waals surface area contributed by atoms with Gasteiger partial charge in [0.15, 0.2) is 11.6 Å². The Hall–Kier alpha value is -1.82. The van der Waals surface area contributed by atoms with Gasteiger partial charge < -0.3 is 15.2 Å². The van der Waals surface area contributed by atoms with Gasteiger partial charge in [-0.2, -0.15) is 0 Å². The van der Waals surface area contributed by atoms with E-state index in [0.29, 0.717) is 4.47 Å². The number of hydrogen-bond donors (Lipinski definition) is 1. The molecule has 0 radical (unpaired) electrons. The zero-order valence-corrected chi connectivity index (χ0v) is 11.5. The van der Waals surface area contributed by atoms with Gasteiger partial charge in [-0.1, -0.05) is 15.9 Å². The normalized spacial score (nSPS) is 10.3. The molecule has 0 aliphatic carbocycles. The number of anilines is 1. The van der Waals surface area contributed by atoms with Gasteiger partial charge in [0, 0.05) is 22.7 Å². The van der Waals surface area contributed by atoms with Crippen LogP contribution in [-0.2, 0) is 0 Å². The fourth-order valence-electron chi connectivity index (χ4n) is 1.52. The van der Waals surface area contributed by atoms with Crippen molar-refractivity contribution in [3.8, 4) is 17.2 Å². The van der Waals surface area contributed by atoms with Crippen molar-refractivity contribution in [2.24, 2.45) is 0 Å². The molecule has 0 aliphatic heterocycles. The molecule has 19 heavy (non-hydrogen) atoms. The van der Waals surface area contributed by atoms with Crippen molar-refractivity contribution in [2.75, 3.05) is 12.8 Å². The number of nitrogens with two attached hydrogens (primary N) is 1. The third kappa shape index (κ3) is 3.14. The van der Waals surface area contributed by atoms with E-state index in [4.69, 9.17) is 15.2 Å². The van der Waals surface area contributed by atoms with Gasteiger partial charge in [0.2, 0.25) is 0 Å². The summed E-state index contributed by atoms with van der Waals surface area (Å²) in [5.74, 6) is -0.793. The zero-order chi connectivity index (χ0) is 14.0. The Kier molecular flexibility index (Phi) is 3.90. The van der Waals surface area contributed by atoms with Gasteiger partial charge >= 0.3 is 0 Å². The number of ether oxygens (including phenoxy) is 2. The van der Waals surface area contributed by atoms with Crippen LogP contribution in [0.1, 0.15) is 0 Å². The lowest BCUT2D eigenvalue weighted by Gasteiger charge is -2.11. The highest BCUT2D eigenvalue weighted by atomic mass is 79.9. The number of halogens is 3. The predicted molar refractivity (Wildman–Crippen MR) is 71.5 cm³/mol. The van der Waals surface area contributed by atoms with Crippen LogP contribution in [0.15, 0.2) is 34.8 Å². The second-order valence-electron chi connectivity index (χ2n) is 3.73. The summed E-state index contributed by atoms with van der Waals surface area (Å²) < 4.78 is 37.6. The first-order valence-corrected chi connectivity index (χ1v) is 6.06. The average Bonchev–Trinajstić information content (AvgIpc) is 2.31. The molecule has 0 unspecified atom stereocenters. The summed E-state index contributed by atoms with van der Waals surface area (Å²) in [6.45, 7) is 0. The predicted octanol–water partition coefficient (Wildman–Crippen LogP) is 4.11. The van der Waals surface area contributed by atoms with Crippen molar-refractivity contribution in [3.05, 3.63) is 46.4 Å². The lowest BCUT2D eigenvalue weighted by atomic mass is 10.2. The fraction of sp³-hybridized carbons (Fsp3) is 0.0769. The second kappa shape index (κ2) is 5.44. The first-order valence-electron chi connectivity index (χ1n) is 5.26. The largest absolute Gasteiger partial charge is 0.494 e. The van der Waals surface area contributed by atoms with E-state index in [2.05, 4.69) is 15.9 Å². The minimum absolute atomic E-state index is 0.0939. The van der Waals surface area contributed by atoms with Crippen molar-refractivity contribution in [3.63, 3.8) is 0 Å². The fourth-order valence-corrected chi connectivity index (χ4v) is 1.96. The quantitative estimate of drug-likeness (QED) is 0.862. The third-order valence-corrected chi connectivity index (χ3v) is 2.81. The summed E-state index contributed by atoms with van der Waals surface area (Å²) in [5, 5.41) is 0. The summed E-state index contributed by atoms with van der Waals surface area (Å²) in [4.78, 5) is 0. The van der Waals surface area contributed by atoms with E-state index in [1.165, 1.54) is 25.3 Å². The van der Waals surface area contributed by atoms with E-state index < -0.39 is 11.6 Å². The van der Waals surface area contributed by atoms with Crippen LogP contribution in [0.25, 0.3) is 0 Å². The topological polar surface area (TPSA) is 44.5 Å². The first-order chi connectivity index (χ1) is 8.99. The van der Waals surface area contributed by atoms with E-state index >= 15 is 0 Å². The Morgan fingerprint density at radius 1 is 1.05 bits per heavy atom. The number of hydrogen-bond acceptors (Lipinski definition) is 3. The first kappa shape index (κ1) is 13.6. The second-order valence-corrected chi connectivity index (χ2v) is 4.65. The van der Waals surface area contributed by atoms with E-state index in [1.807, 2.05) is 0 Å². The molecule has 2 aromatic carbocycles. The average molecular weight is 330 g/mol. The molecule has 0 atom stereocenters. The molecule has 0 aromatic heterocycles. The van der Waals surface area contributed by atoms with Crippen LogP contribution in [-0.4, -0.2) is 7.11 Å². The smallest absolute Gasteiger partial charge is 0.168 e. The van der Waals surface area contributed by atoms with Crippen LogP contribution >= 0.6 is 15.9 Å². The van der Waals surface area contributed by atoms with E-state index in [-0.39, 0.29) is 22.9 Å². The SMILES string of the molecule is COc1cc(Oc2cc(F)cc(Br)c2)c(F)cc1N. The van der Waals surface area contributed by atoms with Crippen molar-refractivity contribution in [1.82, 2.24) is 0 Å². The summed E-state index contributed by atoms with van der Waals surface area (Å²) in [6.07, 6.45) is 0. The molecule has 2 aromatic rings. The van der Waals surface area contributed by atoms with Crippen LogP contribution in [0.5, 0.6) is 17.2 Å². The summed E-state index contributed by atoms with van der Waals surface area (Å²) in [5.41, 5.74) is 5.71. The Morgan fingerprint density at radius 2 is 1.79 bits per heavy atom. The van der Waals surface area contributed by atoms with Gasteiger partial charge in [-0.3, -0.25) is 0 Å². The van der Waals surface area contributed by atoms with E-state index in [0.717, 1.165) is 12.1 Å². The van der Waals surface area contributed by atoms with Gasteiger partial charge in [0.25, 0.3) is 0 Å². The maximum absolute atomic E-state index is 13.7. The van der Waals surface area contributed by atoms with Crippen LogP contribution in [0.4, 0.5) is 14.5 Å². The minimum Gasteiger partial charge on any atom is -0.494 e. The summed E-state index contributed by atoms with van der Waals surface area (Å²) in [6, 6.07) is 6.33. The highest BCUT2D eigenvalue weighted by Crippen LogP contribution is 2.33. The number of benzene rings is 2. The van der Waals surface area contributed by atoms with Gasteiger partial charge in [-0.15, -0.1) is 0 Å². The zero-order valence-electron chi connectivity index (χ0n) is 9.91. The molecule has 0 spiro atoms.